The molecule has 15 heavy (non-hydrogen) atoms. The van der Waals surface area contributed by atoms with Gasteiger partial charge in [0.05, 0.1) is 0 Å². The van der Waals surface area contributed by atoms with E-state index in [9.17, 15) is 4.79 Å². The van der Waals surface area contributed by atoms with Gasteiger partial charge in [-0.2, -0.15) is 11.8 Å². The Labute approximate surface area is 93.8 Å². The summed E-state index contributed by atoms with van der Waals surface area (Å²) < 4.78 is 5.18. The molecule has 1 rings (SSSR count). The van der Waals surface area contributed by atoms with Crippen molar-refractivity contribution in [2.24, 2.45) is 0 Å². The summed E-state index contributed by atoms with van der Waals surface area (Å²) in [6, 6.07) is 0. The summed E-state index contributed by atoms with van der Waals surface area (Å²) in [6.07, 6.45) is 3.32. The van der Waals surface area contributed by atoms with E-state index in [0.717, 1.165) is 5.75 Å². The highest BCUT2D eigenvalue weighted by atomic mass is 32.2. The number of carbonyl (C=O) groups is 1. The Balaban J connectivity index is 2.61. The van der Waals surface area contributed by atoms with Gasteiger partial charge in [-0.05, 0) is 6.26 Å². The standard InChI is InChI=1S/C10H16N2O2S/c1-7(2)9-8(12-6-14-9)10(13)11-4-5-15-3/h6-7H,4-5H2,1-3H3,(H,11,13). The van der Waals surface area contributed by atoms with E-state index in [2.05, 4.69) is 10.3 Å². The van der Waals surface area contributed by atoms with Crippen molar-refractivity contribution in [3.8, 4) is 0 Å². The van der Waals surface area contributed by atoms with Crippen LogP contribution in [0.25, 0.3) is 0 Å². The van der Waals surface area contributed by atoms with Crippen LogP contribution in [0.5, 0.6) is 0 Å². The van der Waals surface area contributed by atoms with Gasteiger partial charge in [0, 0.05) is 18.2 Å². The van der Waals surface area contributed by atoms with Gasteiger partial charge in [0.2, 0.25) is 0 Å². The Kier molecular flexibility index (Phi) is 4.68. The fourth-order valence-electron chi connectivity index (χ4n) is 1.19. The van der Waals surface area contributed by atoms with Crippen LogP contribution in [0.1, 0.15) is 36.0 Å². The molecule has 0 aromatic carbocycles. The first-order chi connectivity index (χ1) is 7.16. The summed E-state index contributed by atoms with van der Waals surface area (Å²) in [5.74, 6) is 1.58. The minimum Gasteiger partial charge on any atom is -0.447 e. The first-order valence-corrected chi connectivity index (χ1v) is 6.26. The summed E-state index contributed by atoms with van der Waals surface area (Å²) in [5.41, 5.74) is 0.408. The Morgan fingerprint density at radius 3 is 3.00 bits per heavy atom. The molecule has 1 aromatic heterocycles. The van der Waals surface area contributed by atoms with Crippen LogP contribution in [0.2, 0.25) is 0 Å². The zero-order valence-electron chi connectivity index (χ0n) is 9.24. The molecule has 0 atom stereocenters. The topological polar surface area (TPSA) is 55.1 Å². The number of hydrogen-bond donors (Lipinski definition) is 1. The SMILES string of the molecule is CSCCNC(=O)c1ncoc1C(C)C. The fraction of sp³-hybridized carbons (Fsp3) is 0.600. The number of hydrogen-bond acceptors (Lipinski definition) is 4. The summed E-state index contributed by atoms with van der Waals surface area (Å²) >= 11 is 1.69. The average Bonchev–Trinajstić information content (AvgIpc) is 2.66. The van der Waals surface area contributed by atoms with E-state index < -0.39 is 0 Å². The molecule has 1 N–H and O–H groups in total. The third-order valence-electron chi connectivity index (χ3n) is 1.93. The molecule has 0 saturated carbocycles. The highest BCUT2D eigenvalue weighted by Gasteiger charge is 2.18. The summed E-state index contributed by atoms with van der Waals surface area (Å²) in [7, 11) is 0. The van der Waals surface area contributed by atoms with Crippen LogP contribution in [0, 0.1) is 0 Å². The van der Waals surface area contributed by atoms with Crippen molar-refractivity contribution in [1.82, 2.24) is 10.3 Å². The Bertz CT molecular complexity index is 323. The van der Waals surface area contributed by atoms with Gasteiger partial charge in [0.25, 0.3) is 5.91 Å². The third-order valence-corrected chi connectivity index (χ3v) is 2.54. The number of nitrogens with one attached hydrogen (secondary N) is 1. The van der Waals surface area contributed by atoms with Gasteiger partial charge in [-0.15, -0.1) is 0 Å². The number of nitrogens with zero attached hydrogens (tertiary/aromatic N) is 1. The van der Waals surface area contributed by atoms with Crippen LogP contribution in [-0.2, 0) is 0 Å². The molecule has 0 spiro atoms. The maximum atomic E-state index is 11.7. The summed E-state index contributed by atoms with van der Waals surface area (Å²) in [5, 5.41) is 2.80. The monoisotopic (exact) mass is 228 g/mol. The summed E-state index contributed by atoms with van der Waals surface area (Å²) in [6.45, 7) is 4.60. The van der Waals surface area contributed by atoms with Crippen molar-refractivity contribution in [2.45, 2.75) is 19.8 Å². The van der Waals surface area contributed by atoms with E-state index in [1.165, 1.54) is 6.39 Å². The third kappa shape index (κ3) is 3.27. The maximum absolute atomic E-state index is 11.7. The molecular formula is C10H16N2O2S. The molecule has 4 nitrogen and oxygen atoms in total. The number of rotatable bonds is 5. The Hall–Kier alpha value is -0.970. The number of thioether (sulfide) groups is 1. The predicted octanol–water partition coefficient (Wildman–Crippen LogP) is 1.89. The molecule has 1 amide bonds. The zero-order valence-corrected chi connectivity index (χ0v) is 10.1. The lowest BCUT2D eigenvalue weighted by atomic mass is 10.1. The van der Waals surface area contributed by atoms with E-state index in [1.807, 2.05) is 20.1 Å². The van der Waals surface area contributed by atoms with Crippen molar-refractivity contribution >= 4 is 17.7 Å². The van der Waals surface area contributed by atoms with Gasteiger partial charge in [0.1, 0.15) is 5.76 Å². The van der Waals surface area contributed by atoms with Gasteiger partial charge in [0.15, 0.2) is 12.1 Å². The van der Waals surface area contributed by atoms with Crippen molar-refractivity contribution in [1.29, 1.82) is 0 Å². The van der Waals surface area contributed by atoms with E-state index in [1.54, 1.807) is 11.8 Å². The smallest absolute Gasteiger partial charge is 0.273 e. The van der Waals surface area contributed by atoms with Gasteiger partial charge in [-0.3, -0.25) is 4.79 Å². The molecule has 1 heterocycles. The van der Waals surface area contributed by atoms with Crippen LogP contribution in [0.3, 0.4) is 0 Å². The van der Waals surface area contributed by atoms with Crippen molar-refractivity contribution in [3.63, 3.8) is 0 Å². The molecule has 0 aliphatic heterocycles. The number of oxazole rings is 1. The van der Waals surface area contributed by atoms with Gasteiger partial charge < -0.3 is 9.73 Å². The van der Waals surface area contributed by atoms with Crippen molar-refractivity contribution < 1.29 is 9.21 Å². The first kappa shape index (κ1) is 12.1. The molecule has 0 bridgehead atoms. The number of carbonyl (C=O) groups excluding carboxylic acids is 1. The molecular weight excluding hydrogens is 212 g/mol. The van der Waals surface area contributed by atoms with E-state index in [0.29, 0.717) is 18.0 Å². The molecule has 84 valence electrons. The van der Waals surface area contributed by atoms with E-state index in [4.69, 9.17) is 4.42 Å². The molecule has 0 fully saturated rings. The van der Waals surface area contributed by atoms with Crippen LogP contribution in [0.4, 0.5) is 0 Å². The molecule has 0 unspecified atom stereocenters. The van der Waals surface area contributed by atoms with Gasteiger partial charge in [-0.25, -0.2) is 4.98 Å². The van der Waals surface area contributed by atoms with Crippen LogP contribution in [0.15, 0.2) is 10.8 Å². The summed E-state index contributed by atoms with van der Waals surface area (Å²) in [4.78, 5) is 15.6. The fourth-order valence-corrected chi connectivity index (χ4v) is 1.49. The minimum atomic E-state index is -0.151. The molecule has 0 aliphatic rings. The van der Waals surface area contributed by atoms with Crippen LogP contribution >= 0.6 is 11.8 Å². The van der Waals surface area contributed by atoms with Crippen LogP contribution < -0.4 is 5.32 Å². The quantitative estimate of drug-likeness (QED) is 0.782. The maximum Gasteiger partial charge on any atom is 0.273 e. The minimum absolute atomic E-state index is 0.151. The molecule has 0 aliphatic carbocycles. The second-order valence-electron chi connectivity index (χ2n) is 3.47. The van der Waals surface area contributed by atoms with Gasteiger partial charge in [-0.1, -0.05) is 13.8 Å². The molecule has 1 aromatic rings. The van der Waals surface area contributed by atoms with E-state index in [-0.39, 0.29) is 11.8 Å². The first-order valence-electron chi connectivity index (χ1n) is 4.87. The lowest BCUT2D eigenvalue weighted by molar-refractivity contribution is 0.0949. The zero-order chi connectivity index (χ0) is 11.3. The highest BCUT2D eigenvalue weighted by molar-refractivity contribution is 7.98. The normalized spacial score (nSPS) is 10.7. The Morgan fingerprint density at radius 2 is 2.40 bits per heavy atom. The largest absolute Gasteiger partial charge is 0.447 e. The molecule has 0 radical (unpaired) electrons. The lowest BCUT2D eigenvalue weighted by Gasteiger charge is -2.04. The second-order valence-corrected chi connectivity index (χ2v) is 4.45. The number of amides is 1. The van der Waals surface area contributed by atoms with Crippen molar-refractivity contribution in [2.75, 3.05) is 18.6 Å². The predicted molar refractivity (Wildman–Crippen MR) is 61.3 cm³/mol. The highest BCUT2D eigenvalue weighted by Crippen LogP contribution is 2.17. The molecule has 0 saturated heterocycles. The average molecular weight is 228 g/mol. The number of aromatic nitrogens is 1. The lowest BCUT2D eigenvalue weighted by Crippen LogP contribution is -2.27. The Morgan fingerprint density at radius 1 is 1.67 bits per heavy atom. The van der Waals surface area contributed by atoms with Crippen molar-refractivity contribution in [3.05, 3.63) is 17.8 Å². The van der Waals surface area contributed by atoms with Crippen LogP contribution in [-0.4, -0.2) is 29.4 Å². The van der Waals surface area contributed by atoms with E-state index >= 15 is 0 Å². The molecule has 5 heteroatoms. The van der Waals surface area contributed by atoms with Gasteiger partial charge >= 0.3 is 0 Å². The second kappa shape index (κ2) is 5.80.